The minimum atomic E-state index is -0.235. The smallest absolute Gasteiger partial charge is 0.108 e. The largest absolute Gasteiger partial charge is 0.369 e. The first-order valence-corrected chi connectivity index (χ1v) is 11.1. The number of halogens is 1. The van der Waals surface area contributed by atoms with Crippen molar-refractivity contribution < 1.29 is 0 Å². The van der Waals surface area contributed by atoms with E-state index in [4.69, 9.17) is 17.3 Å². The molecule has 3 aromatic carbocycles. The van der Waals surface area contributed by atoms with Crippen LogP contribution in [0.15, 0.2) is 72.9 Å². The SMILES string of the molecule is CN1CCN(c2ccc(N3C=Cc4ccc(-c5ccc(Cl)cc5)cc4C3N)cc2)CC1. The standard InChI is InChI=1S/C26H27ClN4/c1-29-14-16-30(17-15-29)23-8-10-24(11-9-23)31-13-12-20-2-3-21(18-25(20)26(31)28)19-4-6-22(27)7-5-19/h2-13,18,26H,14-17,28H2,1H3. The highest BCUT2D eigenvalue weighted by molar-refractivity contribution is 6.30. The monoisotopic (exact) mass is 430 g/mol. The maximum absolute atomic E-state index is 6.73. The Bertz CT molecular complexity index is 1080. The number of piperazine rings is 1. The number of nitrogens with two attached hydrogens (primary N) is 1. The van der Waals surface area contributed by atoms with Crippen molar-refractivity contribution in [2.24, 2.45) is 5.73 Å². The van der Waals surface area contributed by atoms with Crippen molar-refractivity contribution in [3.63, 3.8) is 0 Å². The summed E-state index contributed by atoms with van der Waals surface area (Å²) >= 11 is 6.05. The van der Waals surface area contributed by atoms with Crippen molar-refractivity contribution in [3.8, 4) is 11.1 Å². The summed E-state index contributed by atoms with van der Waals surface area (Å²) in [5, 5.41) is 0.743. The predicted octanol–water partition coefficient (Wildman–Crippen LogP) is 5.21. The fourth-order valence-electron chi connectivity index (χ4n) is 4.35. The third-order valence-corrected chi connectivity index (χ3v) is 6.57. The number of benzene rings is 3. The third-order valence-electron chi connectivity index (χ3n) is 6.31. The van der Waals surface area contributed by atoms with Gasteiger partial charge in [-0.1, -0.05) is 35.9 Å². The Balaban J connectivity index is 1.38. The molecule has 0 saturated carbocycles. The number of hydrogen-bond donors (Lipinski definition) is 1. The molecule has 3 aromatic rings. The molecule has 1 unspecified atom stereocenters. The number of nitrogens with zero attached hydrogens (tertiary/aromatic N) is 3. The van der Waals surface area contributed by atoms with Crippen LogP contribution in [0.4, 0.5) is 11.4 Å². The maximum Gasteiger partial charge on any atom is 0.108 e. The summed E-state index contributed by atoms with van der Waals surface area (Å²) in [5.41, 5.74) is 13.7. The lowest BCUT2D eigenvalue weighted by atomic mass is 9.95. The van der Waals surface area contributed by atoms with Gasteiger partial charge in [-0.05, 0) is 77.8 Å². The van der Waals surface area contributed by atoms with Crippen molar-refractivity contribution in [2.75, 3.05) is 43.0 Å². The normalized spacial score (nSPS) is 18.9. The Kier molecular flexibility index (Phi) is 5.45. The second kappa shape index (κ2) is 8.39. The molecule has 5 rings (SSSR count). The van der Waals surface area contributed by atoms with Crippen LogP contribution < -0.4 is 15.5 Å². The van der Waals surface area contributed by atoms with Crippen LogP contribution in [0.5, 0.6) is 0 Å². The second-order valence-electron chi connectivity index (χ2n) is 8.33. The summed E-state index contributed by atoms with van der Waals surface area (Å²) in [6.07, 6.45) is 3.99. The number of fused-ring (bicyclic) bond motifs is 1. The summed E-state index contributed by atoms with van der Waals surface area (Å²) in [4.78, 5) is 6.96. The molecule has 0 amide bonds. The lowest BCUT2D eigenvalue weighted by Gasteiger charge is -2.35. The molecular weight excluding hydrogens is 404 g/mol. The van der Waals surface area contributed by atoms with Gasteiger partial charge in [0.05, 0.1) is 0 Å². The van der Waals surface area contributed by atoms with Crippen LogP contribution in [-0.4, -0.2) is 38.1 Å². The van der Waals surface area contributed by atoms with E-state index in [2.05, 4.69) is 76.5 Å². The quantitative estimate of drug-likeness (QED) is 0.619. The van der Waals surface area contributed by atoms with Gasteiger partial charge in [0.2, 0.25) is 0 Å². The van der Waals surface area contributed by atoms with Crippen molar-refractivity contribution >= 4 is 29.1 Å². The van der Waals surface area contributed by atoms with E-state index in [-0.39, 0.29) is 6.17 Å². The van der Waals surface area contributed by atoms with Gasteiger partial charge in [-0.2, -0.15) is 0 Å². The van der Waals surface area contributed by atoms with Crippen LogP contribution >= 0.6 is 11.6 Å². The van der Waals surface area contributed by atoms with Gasteiger partial charge in [0.25, 0.3) is 0 Å². The van der Waals surface area contributed by atoms with Gasteiger partial charge in [-0.3, -0.25) is 0 Å². The summed E-state index contributed by atoms with van der Waals surface area (Å²) in [7, 11) is 2.18. The zero-order valence-corrected chi connectivity index (χ0v) is 18.5. The fraction of sp³-hybridized carbons (Fsp3) is 0.231. The fourth-order valence-corrected chi connectivity index (χ4v) is 4.48. The minimum absolute atomic E-state index is 0.235. The van der Waals surface area contributed by atoms with E-state index in [0.29, 0.717) is 0 Å². The van der Waals surface area contributed by atoms with Crippen molar-refractivity contribution in [1.29, 1.82) is 0 Å². The molecule has 1 fully saturated rings. The van der Waals surface area contributed by atoms with Crippen LogP contribution in [0, 0.1) is 0 Å². The average molecular weight is 431 g/mol. The average Bonchev–Trinajstić information content (AvgIpc) is 2.80. The van der Waals surface area contributed by atoms with Gasteiger partial charge in [0.15, 0.2) is 0 Å². The zero-order valence-electron chi connectivity index (χ0n) is 17.7. The highest BCUT2D eigenvalue weighted by Gasteiger charge is 2.22. The molecule has 1 saturated heterocycles. The van der Waals surface area contributed by atoms with E-state index in [1.807, 2.05) is 24.3 Å². The molecule has 2 aliphatic rings. The highest BCUT2D eigenvalue weighted by atomic mass is 35.5. The molecule has 2 heterocycles. The molecular formula is C26H27ClN4. The summed E-state index contributed by atoms with van der Waals surface area (Å²) in [5.74, 6) is 0. The van der Waals surface area contributed by atoms with Gasteiger partial charge >= 0.3 is 0 Å². The Labute approximate surface area is 189 Å². The van der Waals surface area contributed by atoms with Gasteiger partial charge in [0, 0.05) is 48.8 Å². The highest BCUT2D eigenvalue weighted by Crippen LogP contribution is 2.35. The lowest BCUT2D eigenvalue weighted by Crippen LogP contribution is -2.44. The van der Waals surface area contributed by atoms with Crippen LogP contribution in [0.2, 0.25) is 5.02 Å². The predicted molar refractivity (Wildman–Crippen MR) is 131 cm³/mol. The zero-order chi connectivity index (χ0) is 21.4. The van der Waals surface area contributed by atoms with Gasteiger partial charge in [-0.25, -0.2) is 0 Å². The summed E-state index contributed by atoms with van der Waals surface area (Å²) < 4.78 is 0. The molecule has 31 heavy (non-hydrogen) atoms. The Morgan fingerprint density at radius 1 is 0.806 bits per heavy atom. The molecule has 2 N–H and O–H groups in total. The van der Waals surface area contributed by atoms with Crippen LogP contribution in [0.1, 0.15) is 17.3 Å². The first-order chi connectivity index (χ1) is 15.1. The molecule has 0 spiro atoms. The van der Waals surface area contributed by atoms with E-state index in [1.165, 1.54) is 5.69 Å². The molecule has 158 valence electrons. The Morgan fingerprint density at radius 3 is 2.16 bits per heavy atom. The molecule has 4 nitrogen and oxygen atoms in total. The number of rotatable bonds is 3. The van der Waals surface area contributed by atoms with Crippen molar-refractivity contribution in [1.82, 2.24) is 4.90 Å². The number of likely N-dealkylation sites (N-methyl/N-ethyl adjacent to an activating group) is 1. The second-order valence-corrected chi connectivity index (χ2v) is 8.76. The Morgan fingerprint density at radius 2 is 1.45 bits per heavy atom. The van der Waals surface area contributed by atoms with Crippen molar-refractivity contribution in [3.05, 3.63) is 89.1 Å². The third kappa shape index (κ3) is 4.07. The summed E-state index contributed by atoms with van der Waals surface area (Å²) in [6, 6.07) is 23.2. The number of anilines is 2. The molecule has 0 radical (unpaired) electrons. The first-order valence-electron chi connectivity index (χ1n) is 10.7. The maximum atomic E-state index is 6.73. The number of hydrogen-bond acceptors (Lipinski definition) is 4. The topological polar surface area (TPSA) is 35.7 Å². The van der Waals surface area contributed by atoms with Crippen LogP contribution in [0.25, 0.3) is 17.2 Å². The summed E-state index contributed by atoms with van der Waals surface area (Å²) in [6.45, 7) is 4.35. The minimum Gasteiger partial charge on any atom is -0.369 e. The molecule has 1 atom stereocenters. The van der Waals surface area contributed by atoms with E-state index in [1.54, 1.807) is 0 Å². The van der Waals surface area contributed by atoms with Gasteiger partial charge in [-0.15, -0.1) is 0 Å². The molecule has 5 heteroatoms. The van der Waals surface area contributed by atoms with E-state index in [9.17, 15) is 0 Å². The van der Waals surface area contributed by atoms with E-state index < -0.39 is 0 Å². The van der Waals surface area contributed by atoms with Crippen molar-refractivity contribution in [2.45, 2.75) is 6.17 Å². The molecule has 0 aliphatic carbocycles. The molecule has 0 aromatic heterocycles. The first kappa shape index (κ1) is 20.1. The Hall–Kier alpha value is -2.79. The van der Waals surface area contributed by atoms with E-state index >= 15 is 0 Å². The van der Waals surface area contributed by atoms with Gasteiger partial charge in [0.1, 0.15) is 6.17 Å². The van der Waals surface area contributed by atoms with Crippen LogP contribution in [-0.2, 0) is 0 Å². The van der Waals surface area contributed by atoms with Crippen LogP contribution in [0.3, 0.4) is 0 Å². The molecule has 0 bridgehead atoms. The molecule has 2 aliphatic heterocycles. The van der Waals surface area contributed by atoms with Gasteiger partial charge < -0.3 is 20.4 Å². The van der Waals surface area contributed by atoms with E-state index in [0.717, 1.165) is 59.1 Å². The lowest BCUT2D eigenvalue weighted by molar-refractivity contribution is 0.313.